The maximum absolute atomic E-state index is 13.2. The lowest BCUT2D eigenvalue weighted by Gasteiger charge is -2.32. The van der Waals surface area contributed by atoms with E-state index in [1.807, 2.05) is 42.5 Å². The van der Waals surface area contributed by atoms with Gasteiger partial charge >= 0.3 is 0 Å². The van der Waals surface area contributed by atoms with Crippen LogP contribution in [0.25, 0.3) is 0 Å². The zero-order chi connectivity index (χ0) is 28.2. The molecule has 0 spiro atoms. The number of nitro groups is 1. The quantitative estimate of drug-likeness (QED) is 0.148. The smallest absolute Gasteiger partial charge is 0.269 e. The van der Waals surface area contributed by atoms with Crippen LogP contribution in [0.5, 0.6) is 0 Å². The largest absolute Gasteiger partial charge is 0.325 e. The molecule has 0 aromatic heterocycles. The molecule has 2 heterocycles. The minimum Gasteiger partial charge on any atom is -0.325 e. The minimum absolute atomic E-state index is 0.0499. The molecule has 0 radical (unpaired) electrons. The molecule has 1 N–H and O–H groups in total. The molecule has 206 valence electrons. The highest BCUT2D eigenvalue weighted by molar-refractivity contribution is 6.24. The molecule has 6 rings (SSSR count). The van der Waals surface area contributed by atoms with Crippen LogP contribution in [-0.2, 0) is 17.8 Å². The number of piperidine rings is 1. The second-order valence-corrected chi connectivity index (χ2v) is 10.9. The van der Waals surface area contributed by atoms with Crippen LogP contribution in [-0.4, -0.2) is 34.5 Å². The van der Waals surface area contributed by atoms with E-state index in [0.717, 1.165) is 43.2 Å². The van der Waals surface area contributed by atoms with Crippen LogP contribution in [0.15, 0.2) is 108 Å². The van der Waals surface area contributed by atoms with E-state index in [2.05, 4.69) is 52.7 Å². The lowest BCUT2D eigenvalue weighted by molar-refractivity contribution is -0.384. The number of likely N-dealkylation sites (tertiary alicyclic amines) is 1. The number of rotatable bonds is 8. The van der Waals surface area contributed by atoms with Crippen molar-refractivity contribution >= 4 is 28.7 Å². The topological polar surface area (TPSA) is 87.8 Å². The zero-order valence-corrected chi connectivity index (χ0v) is 22.8. The van der Waals surface area contributed by atoms with Gasteiger partial charge in [-0.2, -0.15) is 0 Å². The standard InChI is InChI=1S/C34H32N4O3/c39-34-32(30-22-29(38(40)41)15-16-31(30)36-34)33(27-9-5-2-6-10-27)35-28-13-11-26(12-14-28)23-37-19-17-25(18-20-37)21-24-7-3-1-4-8-24/h1-16,22,25,32H,17-21,23H2,(H,36,39). The normalized spacial score (nSPS) is 17.7. The van der Waals surface area contributed by atoms with Crippen molar-refractivity contribution < 1.29 is 9.72 Å². The van der Waals surface area contributed by atoms with Crippen LogP contribution in [0.2, 0.25) is 0 Å². The van der Waals surface area contributed by atoms with Crippen LogP contribution in [0.4, 0.5) is 17.1 Å². The molecular formula is C34H32N4O3. The molecule has 2 aliphatic heterocycles. The van der Waals surface area contributed by atoms with Crippen molar-refractivity contribution in [2.75, 3.05) is 18.4 Å². The molecule has 1 saturated heterocycles. The van der Waals surface area contributed by atoms with Gasteiger partial charge in [-0.05, 0) is 73.2 Å². The van der Waals surface area contributed by atoms with E-state index >= 15 is 0 Å². The molecule has 4 aromatic carbocycles. The highest BCUT2D eigenvalue weighted by atomic mass is 16.6. The Bertz CT molecular complexity index is 1560. The summed E-state index contributed by atoms with van der Waals surface area (Å²) in [6.45, 7) is 3.09. The first-order chi connectivity index (χ1) is 20.0. The van der Waals surface area contributed by atoms with E-state index < -0.39 is 10.8 Å². The third-order valence-electron chi connectivity index (χ3n) is 8.09. The first-order valence-electron chi connectivity index (χ1n) is 14.1. The van der Waals surface area contributed by atoms with Crippen LogP contribution in [0.1, 0.15) is 41.0 Å². The lowest BCUT2D eigenvalue weighted by Crippen LogP contribution is -2.33. The van der Waals surface area contributed by atoms with Crippen molar-refractivity contribution in [2.24, 2.45) is 10.9 Å². The van der Waals surface area contributed by atoms with Gasteiger partial charge in [0.2, 0.25) is 5.91 Å². The van der Waals surface area contributed by atoms with E-state index in [1.54, 1.807) is 6.07 Å². The van der Waals surface area contributed by atoms with Gasteiger partial charge < -0.3 is 5.32 Å². The Morgan fingerprint density at radius 1 is 0.878 bits per heavy atom. The molecule has 0 saturated carbocycles. The number of carbonyl (C=O) groups excluding carboxylic acids is 1. The molecule has 0 aliphatic carbocycles. The predicted molar refractivity (Wildman–Crippen MR) is 162 cm³/mol. The van der Waals surface area contributed by atoms with E-state index in [0.29, 0.717) is 17.0 Å². The average Bonchev–Trinajstić information content (AvgIpc) is 3.33. The van der Waals surface area contributed by atoms with Gasteiger partial charge in [0, 0.05) is 29.9 Å². The maximum Gasteiger partial charge on any atom is 0.269 e. The highest BCUT2D eigenvalue weighted by Crippen LogP contribution is 2.38. The van der Waals surface area contributed by atoms with Gasteiger partial charge in [0.15, 0.2) is 0 Å². The number of benzene rings is 4. The van der Waals surface area contributed by atoms with Crippen molar-refractivity contribution in [1.82, 2.24) is 4.90 Å². The van der Waals surface area contributed by atoms with Gasteiger partial charge in [0.1, 0.15) is 5.92 Å². The molecule has 41 heavy (non-hydrogen) atoms. The first-order valence-corrected chi connectivity index (χ1v) is 14.1. The molecule has 1 atom stereocenters. The van der Waals surface area contributed by atoms with Crippen molar-refractivity contribution in [3.05, 3.63) is 135 Å². The number of fused-ring (bicyclic) bond motifs is 1. The first kappa shape index (κ1) is 26.6. The van der Waals surface area contributed by atoms with Gasteiger partial charge in [-0.1, -0.05) is 72.8 Å². The Labute approximate surface area is 239 Å². The Morgan fingerprint density at radius 3 is 2.24 bits per heavy atom. The fraction of sp³-hybridized carbons (Fsp3) is 0.235. The number of non-ortho nitro benzene ring substituents is 1. The van der Waals surface area contributed by atoms with Crippen molar-refractivity contribution in [3.63, 3.8) is 0 Å². The number of nitrogens with zero attached hydrogens (tertiary/aromatic N) is 3. The SMILES string of the molecule is O=C1Nc2ccc([N+](=O)[O-])cc2C1C(=Nc1ccc(CN2CCC(Cc3ccccc3)CC2)cc1)c1ccccc1. The number of hydrogen-bond donors (Lipinski definition) is 1. The minimum atomic E-state index is -0.746. The molecule has 7 nitrogen and oxygen atoms in total. The molecule has 1 amide bonds. The zero-order valence-electron chi connectivity index (χ0n) is 22.8. The summed E-state index contributed by atoms with van der Waals surface area (Å²) in [5.41, 5.74) is 5.85. The number of hydrogen-bond acceptors (Lipinski definition) is 5. The fourth-order valence-corrected chi connectivity index (χ4v) is 5.91. The van der Waals surface area contributed by atoms with Crippen molar-refractivity contribution in [1.29, 1.82) is 0 Å². The van der Waals surface area contributed by atoms with E-state index in [9.17, 15) is 14.9 Å². The molecule has 2 aliphatic rings. The van der Waals surface area contributed by atoms with Gasteiger partial charge in [-0.15, -0.1) is 0 Å². The maximum atomic E-state index is 13.2. The average molecular weight is 545 g/mol. The number of nitro benzene ring substituents is 1. The molecule has 4 aromatic rings. The van der Waals surface area contributed by atoms with E-state index in [-0.39, 0.29) is 11.6 Å². The summed E-state index contributed by atoms with van der Waals surface area (Å²) in [6, 6.07) is 33.0. The van der Waals surface area contributed by atoms with Gasteiger partial charge in [-0.3, -0.25) is 24.8 Å². The second kappa shape index (κ2) is 11.9. The number of anilines is 1. The molecular weight excluding hydrogens is 512 g/mol. The summed E-state index contributed by atoms with van der Waals surface area (Å²) < 4.78 is 0. The number of aliphatic imine (C=N–C) groups is 1. The third kappa shape index (κ3) is 6.10. The molecule has 0 bridgehead atoms. The summed E-state index contributed by atoms with van der Waals surface area (Å²) in [7, 11) is 0. The third-order valence-corrected chi connectivity index (χ3v) is 8.09. The molecule has 1 fully saturated rings. The number of carbonyl (C=O) groups is 1. The van der Waals surface area contributed by atoms with E-state index in [4.69, 9.17) is 4.99 Å². The van der Waals surface area contributed by atoms with Crippen LogP contribution in [0, 0.1) is 16.0 Å². The summed E-state index contributed by atoms with van der Waals surface area (Å²) >= 11 is 0. The van der Waals surface area contributed by atoms with Crippen molar-refractivity contribution in [2.45, 2.75) is 31.7 Å². The van der Waals surface area contributed by atoms with Crippen LogP contribution < -0.4 is 5.32 Å². The Kier molecular flexibility index (Phi) is 7.69. The van der Waals surface area contributed by atoms with Gasteiger partial charge in [0.25, 0.3) is 5.69 Å². The fourth-order valence-electron chi connectivity index (χ4n) is 5.91. The van der Waals surface area contributed by atoms with Gasteiger partial charge in [-0.25, -0.2) is 0 Å². The van der Waals surface area contributed by atoms with Gasteiger partial charge in [0.05, 0.1) is 16.3 Å². The summed E-state index contributed by atoms with van der Waals surface area (Å²) in [4.78, 5) is 31.6. The lowest BCUT2D eigenvalue weighted by atomic mass is 9.90. The Morgan fingerprint density at radius 2 is 1.56 bits per heavy atom. The summed E-state index contributed by atoms with van der Waals surface area (Å²) in [5.74, 6) is -0.249. The van der Waals surface area contributed by atoms with Crippen LogP contribution in [0.3, 0.4) is 0 Å². The Balaban J connectivity index is 1.19. The Hall–Kier alpha value is -4.62. The molecule has 7 heteroatoms. The van der Waals surface area contributed by atoms with E-state index in [1.165, 1.54) is 36.1 Å². The predicted octanol–water partition coefficient (Wildman–Crippen LogP) is 6.91. The highest BCUT2D eigenvalue weighted by Gasteiger charge is 2.36. The van der Waals surface area contributed by atoms with Crippen LogP contribution >= 0.6 is 0 Å². The summed E-state index contributed by atoms with van der Waals surface area (Å²) in [5, 5.41) is 14.3. The monoisotopic (exact) mass is 544 g/mol. The molecule has 1 unspecified atom stereocenters. The number of amides is 1. The second-order valence-electron chi connectivity index (χ2n) is 10.9. The van der Waals surface area contributed by atoms with Crippen molar-refractivity contribution in [3.8, 4) is 0 Å². The summed E-state index contributed by atoms with van der Waals surface area (Å²) in [6.07, 6.45) is 3.57. The number of nitrogens with one attached hydrogen (secondary N) is 1.